The summed E-state index contributed by atoms with van der Waals surface area (Å²) in [4.78, 5) is 17.3. The zero-order valence-electron chi connectivity index (χ0n) is 18.3. The number of carbonyl (C=O) groups excluding carboxylic acids is 1. The van der Waals surface area contributed by atoms with Gasteiger partial charge in [0, 0.05) is 44.7 Å². The van der Waals surface area contributed by atoms with Crippen LogP contribution >= 0.6 is 11.3 Å². The predicted octanol–water partition coefficient (Wildman–Crippen LogP) is 3.77. The Bertz CT molecular complexity index is 1390. The number of imidazole rings is 1. The van der Waals surface area contributed by atoms with E-state index in [1.807, 2.05) is 23.6 Å². The van der Waals surface area contributed by atoms with Crippen LogP contribution in [0.2, 0.25) is 0 Å². The maximum atomic E-state index is 12.5. The van der Waals surface area contributed by atoms with E-state index in [9.17, 15) is 13.2 Å². The van der Waals surface area contributed by atoms with Gasteiger partial charge in [0.2, 0.25) is 15.9 Å². The van der Waals surface area contributed by atoms with Gasteiger partial charge in [-0.2, -0.15) is 0 Å². The summed E-state index contributed by atoms with van der Waals surface area (Å²) < 4.78 is 29.3. The number of aromatic nitrogens is 2. The molecule has 0 unspecified atom stereocenters. The molecule has 0 bridgehead atoms. The first-order valence-corrected chi connectivity index (χ1v) is 12.8. The molecule has 4 rings (SSSR count). The Labute approximate surface area is 191 Å². The molecule has 0 aliphatic rings. The van der Waals surface area contributed by atoms with Crippen LogP contribution in [-0.2, 0) is 34.3 Å². The summed E-state index contributed by atoms with van der Waals surface area (Å²) in [6.45, 7) is 3.20. The van der Waals surface area contributed by atoms with E-state index in [1.54, 1.807) is 29.5 Å². The summed E-state index contributed by atoms with van der Waals surface area (Å²) in [6.07, 6.45) is 0.794. The highest BCUT2D eigenvalue weighted by Gasteiger charge is 2.19. The molecule has 0 saturated carbocycles. The lowest BCUT2D eigenvalue weighted by atomic mass is 10.2. The van der Waals surface area contributed by atoms with Crippen molar-refractivity contribution in [3.63, 3.8) is 0 Å². The Morgan fingerprint density at radius 1 is 1.19 bits per heavy atom. The number of hydrogen-bond donors (Lipinski definition) is 1. The van der Waals surface area contributed by atoms with Crippen LogP contribution < -0.4 is 5.32 Å². The van der Waals surface area contributed by atoms with Crippen LogP contribution in [0.15, 0.2) is 52.7 Å². The third-order valence-corrected chi connectivity index (χ3v) is 8.33. The van der Waals surface area contributed by atoms with Gasteiger partial charge in [0.05, 0.1) is 15.9 Å². The van der Waals surface area contributed by atoms with E-state index in [2.05, 4.69) is 27.8 Å². The van der Waals surface area contributed by atoms with Crippen molar-refractivity contribution in [3.8, 4) is 0 Å². The lowest BCUT2D eigenvalue weighted by molar-refractivity contribution is -0.121. The summed E-state index contributed by atoms with van der Waals surface area (Å²) in [7, 11) is -0.514. The average Bonchev–Trinajstić information content (AvgIpc) is 3.36. The van der Waals surface area contributed by atoms with Gasteiger partial charge in [0.1, 0.15) is 5.82 Å². The average molecular weight is 471 g/mol. The normalized spacial score (nSPS) is 12.1. The summed E-state index contributed by atoms with van der Waals surface area (Å²) in [5.74, 6) is 0.740. The number of amides is 1. The van der Waals surface area contributed by atoms with Crippen LogP contribution in [0, 0.1) is 0 Å². The minimum absolute atomic E-state index is 0.0362. The van der Waals surface area contributed by atoms with Gasteiger partial charge in [0.15, 0.2) is 0 Å². The molecule has 0 radical (unpaired) electrons. The van der Waals surface area contributed by atoms with E-state index >= 15 is 0 Å². The molecule has 0 spiro atoms. The Hall–Kier alpha value is -2.75. The number of aryl methyl sites for hydroxylation is 2. The molecular weight excluding hydrogens is 444 g/mol. The van der Waals surface area contributed by atoms with Crippen molar-refractivity contribution in [2.45, 2.75) is 37.8 Å². The molecular formula is C23H26N4O3S2. The zero-order valence-corrected chi connectivity index (χ0v) is 20.0. The van der Waals surface area contributed by atoms with Gasteiger partial charge in [0.25, 0.3) is 0 Å². The Kier molecular flexibility index (Phi) is 6.32. The number of nitrogens with one attached hydrogen (secondary N) is 1. The smallest absolute Gasteiger partial charge is 0.242 e. The minimum Gasteiger partial charge on any atom is -0.352 e. The van der Waals surface area contributed by atoms with Crippen molar-refractivity contribution in [1.82, 2.24) is 19.2 Å². The van der Waals surface area contributed by atoms with Crippen molar-refractivity contribution >= 4 is 48.4 Å². The Morgan fingerprint density at radius 3 is 2.72 bits per heavy atom. The standard InChI is InChI=1S/C23H26N4O3S2/c1-4-27-20-10-9-17(32(29,30)26(2)3)13-19(20)25-22(27)11-12-23(28)24-14-16-15-31-21-8-6-5-7-18(16)21/h5-10,13,15H,4,11-12,14H2,1-3H3,(H,24,28). The molecule has 1 amide bonds. The lowest BCUT2D eigenvalue weighted by Crippen LogP contribution is -2.23. The predicted molar refractivity (Wildman–Crippen MR) is 128 cm³/mol. The van der Waals surface area contributed by atoms with Gasteiger partial charge in [-0.3, -0.25) is 4.79 Å². The van der Waals surface area contributed by atoms with E-state index in [-0.39, 0.29) is 10.8 Å². The fraction of sp³-hybridized carbons (Fsp3) is 0.304. The molecule has 168 valence electrons. The summed E-state index contributed by atoms with van der Waals surface area (Å²) in [5.41, 5.74) is 2.61. The minimum atomic E-state index is -3.53. The molecule has 1 N–H and O–H groups in total. The van der Waals surface area contributed by atoms with E-state index in [4.69, 9.17) is 0 Å². The van der Waals surface area contributed by atoms with E-state index in [0.29, 0.717) is 31.4 Å². The molecule has 0 aliphatic carbocycles. The molecule has 2 aromatic carbocycles. The highest BCUT2D eigenvalue weighted by Crippen LogP contribution is 2.26. The van der Waals surface area contributed by atoms with Crippen LogP contribution in [0.3, 0.4) is 0 Å². The highest BCUT2D eigenvalue weighted by molar-refractivity contribution is 7.89. The SMILES string of the molecule is CCn1c(CCC(=O)NCc2csc3ccccc23)nc2cc(S(=O)(=O)N(C)C)ccc21. The van der Waals surface area contributed by atoms with Gasteiger partial charge >= 0.3 is 0 Å². The molecule has 0 aliphatic heterocycles. The second-order valence-electron chi connectivity index (χ2n) is 7.74. The van der Waals surface area contributed by atoms with Crippen molar-refractivity contribution in [2.75, 3.05) is 14.1 Å². The van der Waals surface area contributed by atoms with Crippen LogP contribution in [0.5, 0.6) is 0 Å². The second-order valence-corrected chi connectivity index (χ2v) is 10.8. The highest BCUT2D eigenvalue weighted by atomic mass is 32.2. The monoisotopic (exact) mass is 470 g/mol. The number of benzene rings is 2. The number of nitrogens with zero attached hydrogens (tertiary/aromatic N) is 3. The number of thiophene rings is 1. The lowest BCUT2D eigenvalue weighted by Gasteiger charge is -2.11. The zero-order chi connectivity index (χ0) is 22.9. The Balaban J connectivity index is 1.46. The van der Waals surface area contributed by atoms with Gasteiger partial charge in [-0.05, 0) is 47.5 Å². The van der Waals surface area contributed by atoms with Crippen LogP contribution in [0.25, 0.3) is 21.1 Å². The molecule has 2 aromatic heterocycles. The van der Waals surface area contributed by atoms with Crippen molar-refractivity contribution in [1.29, 1.82) is 0 Å². The molecule has 0 saturated heterocycles. The molecule has 0 atom stereocenters. The van der Waals surface area contributed by atoms with Crippen molar-refractivity contribution in [3.05, 3.63) is 59.2 Å². The van der Waals surface area contributed by atoms with E-state index < -0.39 is 10.0 Å². The fourth-order valence-corrected chi connectivity index (χ4v) is 5.64. The van der Waals surface area contributed by atoms with E-state index in [1.165, 1.54) is 28.5 Å². The largest absolute Gasteiger partial charge is 0.352 e. The van der Waals surface area contributed by atoms with Crippen LogP contribution in [0.4, 0.5) is 0 Å². The molecule has 9 heteroatoms. The maximum absolute atomic E-state index is 12.5. The first-order chi connectivity index (χ1) is 15.3. The quantitative estimate of drug-likeness (QED) is 0.425. The van der Waals surface area contributed by atoms with Gasteiger partial charge in [-0.1, -0.05) is 18.2 Å². The van der Waals surface area contributed by atoms with Gasteiger partial charge in [-0.15, -0.1) is 11.3 Å². The third-order valence-electron chi connectivity index (χ3n) is 5.51. The number of fused-ring (bicyclic) bond motifs is 2. The van der Waals surface area contributed by atoms with Gasteiger partial charge < -0.3 is 9.88 Å². The number of hydrogen-bond acceptors (Lipinski definition) is 5. The van der Waals surface area contributed by atoms with E-state index in [0.717, 1.165) is 16.9 Å². The molecule has 7 nitrogen and oxygen atoms in total. The number of rotatable bonds is 8. The third kappa shape index (κ3) is 4.28. The first kappa shape index (κ1) is 22.4. The topological polar surface area (TPSA) is 84.3 Å². The second kappa shape index (κ2) is 9.01. The van der Waals surface area contributed by atoms with Crippen LogP contribution in [-0.4, -0.2) is 42.3 Å². The molecule has 32 heavy (non-hydrogen) atoms. The number of sulfonamides is 1. The fourth-order valence-electron chi connectivity index (χ4n) is 3.75. The van der Waals surface area contributed by atoms with Crippen LogP contribution in [0.1, 0.15) is 24.7 Å². The maximum Gasteiger partial charge on any atom is 0.242 e. The number of carbonyl (C=O) groups is 1. The molecule has 0 fully saturated rings. The summed E-state index contributed by atoms with van der Waals surface area (Å²) in [5, 5.41) is 6.27. The van der Waals surface area contributed by atoms with Gasteiger partial charge in [-0.25, -0.2) is 17.7 Å². The molecule has 2 heterocycles. The molecule has 4 aromatic rings. The summed E-state index contributed by atoms with van der Waals surface area (Å²) in [6, 6.07) is 13.2. The Morgan fingerprint density at radius 2 is 1.97 bits per heavy atom. The first-order valence-electron chi connectivity index (χ1n) is 10.4. The van der Waals surface area contributed by atoms with Crippen molar-refractivity contribution < 1.29 is 13.2 Å². The summed E-state index contributed by atoms with van der Waals surface area (Å²) >= 11 is 1.68. The van der Waals surface area contributed by atoms with Crippen molar-refractivity contribution in [2.24, 2.45) is 0 Å².